The zero-order valence-corrected chi connectivity index (χ0v) is 17.2. The molecule has 2 rings (SSSR count). The molecule has 0 aliphatic heterocycles. The van der Waals surface area contributed by atoms with Crippen LogP contribution in [-0.4, -0.2) is 27.5 Å². The normalized spacial score (nSPS) is 10.9. The number of benzene rings is 2. The minimum absolute atomic E-state index is 0.0439. The molecular weight excluding hydrogens is 390 g/mol. The fourth-order valence-electron chi connectivity index (χ4n) is 2.47. The molecule has 2 aromatic carbocycles. The number of sulfonamides is 1. The molecule has 7 nitrogen and oxygen atoms in total. The summed E-state index contributed by atoms with van der Waals surface area (Å²) in [6.07, 6.45) is 2.14. The second kappa shape index (κ2) is 11.2. The van der Waals surface area contributed by atoms with Crippen LogP contribution < -0.4 is 14.8 Å². The standard InChI is InChI=1S/C21H25N3O4S/c1-2-3-14-28-19-7-4-6-17(15-19)16-23-21(25)18-8-10-20(11-9-18)29(26,27)24-13-5-12-22/h4,6-11,15,24H,2-3,5,13-14,16H2,1H3,(H,23,25). The van der Waals surface area contributed by atoms with Gasteiger partial charge in [-0.3, -0.25) is 4.79 Å². The third-order valence-electron chi connectivity index (χ3n) is 4.07. The SMILES string of the molecule is CCCCOc1cccc(CNC(=O)c2ccc(S(=O)(=O)NCCC#N)cc2)c1. The number of hydrogen-bond acceptors (Lipinski definition) is 5. The Hall–Kier alpha value is -2.89. The lowest BCUT2D eigenvalue weighted by Gasteiger charge is -2.09. The van der Waals surface area contributed by atoms with Crippen molar-refractivity contribution in [2.24, 2.45) is 0 Å². The molecule has 0 aliphatic rings. The Balaban J connectivity index is 1.93. The molecule has 0 aliphatic carbocycles. The van der Waals surface area contributed by atoms with Crippen molar-refractivity contribution in [3.63, 3.8) is 0 Å². The smallest absolute Gasteiger partial charge is 0.251 e. The first-order valence-corrected chi connectivity index (χ1v) is 10.9. The second-order valence-electron chi connectivity index (χ2n) is 6.36. The summed E-state index contributed by atoms with van der Waals surface area (Å²) in [5, 5.41) is 11.3. The number of nitrogens with one attached hydrogen (secondary N) is 2. The van der Waals surface area contributed by atoms with E-state index in [2.05, 4.69) is 17.0 Å². The Labute approximate surface area is 171 Å². The average Bonchev–Trinajstić information content (AvgIpc) is 2.73. The molecule has 0 saturated heterocycles. The zero-order valence-electron chi connectivity index (χ0n) is 16.3. The summed E-state index contributed by atoms with van der Waals surface area (Å²) >= 11 is 0. The van der Waals surface area contributed by atoms with E-state index in [9.17, 15) is 13.2 Å². The molecule has 0 aromatic heterocycles. The predicted molar refractivity (Wildman–Crippen MR) is 110 cm³/mol. The van der Waals surface area contributed by atoms with Crippen molar-refractivity contribution >= 4 is 15.9 Å². The number of hydrogen-bond donors (Lipinski definition) is 2. The maximum atomic E-state index is 12.3. The number of carbonyl (C=O) groups is 1. The summed E-state index contributed by atoms with van der Waals surface area (Å²) in [7, 11) is -3.69. The van der Waals surface area contributed by atoms with E-state index in [1.807, 2.05) is 30.3 Å². The molecule has 0 heterocycles. The summed E-state index contributed by atoms with van der Waals surface area (Å²) in [6, 6.07) is 15.1. The Morgan fingerprint density at radius 1 is 1.17 bits per heavy atom. The zero-order chi connectivity index (χ0) is 21.1. The second-order valence-corrected chi connectivity index (χ2v) is 8.13. The van der Waals surface area contributed by atoms with Crippen molar-refractivity contribution in [1.29, 1.82) is 5.26 Å². The van der Waals surface area contributed by atoms with Gasteiger partial charge >= 0.3 is 0 Å². The lowest BCUT2D eigenvalue weighted by atomic mass is 10.2. The van der Waals surface area contributed by atoms with Crippen LogP contribution in [0.5, 0.6) is 5.75 Å². The van der Waals surface area contributed by atoms with Crippen molar-refractivity contribution in [3.8, 4) is 11.8 Å². The minimum Gasteiger partial charge on any atom is -0.494 e. The van der Waals surface area contributed by atoms with E-state index >= 15 is 0 Å². The van der Waals surface area contributed by atoms with Crippen molar-refractivity contribution in [2.45, 2.75) is 37.6 Å². The van der Waals surface area contributed by atoms with Crippen molar-refractivity contribution in [1.82, 2.24) is 10.0 Å². The van der Waals surface area contributed by atoms with Gasteiger partial charge in [0.25, 0.3) is 5.91 Å². The van der Waals surface area contributed by atoms with Crippen molar-refractivity contribution in [2.75, 3.05) is 13.2 Å². The number of unbranched alkanes of at least 4 members (excludes halogenated alkanes) is 1. The van der Waals surface area contributed by atoms with Gasteiger partial charge in [-0.05, 0) is 48.4 Å². The number of nitrogens with zero attached hydrogens (tertiary/aromatic N) is 1. The Morgan fingerprint density at radius 2 is 1.93 bits per heavy atom. The Morgan fingerprint density at radius 3 is 2.62 bits per heavy atom. The van der Waals surface area contributed by atoms with Crippen molar-refractivity contribution in [3.05, 3.63) is 59.7 Å². The molecule has 0 spiro atoms. The summed E-state index contributed by atoms with van der Waals surface area (Å²) in [5.41, 5.74) is 1.27. The van der Waals surface area contributed by atoms with E-state index in [1.165, 1.54) is 24.3 Å². The molecule has 0 radical (unpaired) electrons. The van der Waals surface area contributed by atoms with E-state index in [4.69, 9.17) is 10.00 Å². The number of ether oxygens (including phenoxy) is 1. The molecule has 0 fully saturated rings. The Bertz CT molecular complexity index is 951. The predicted octanol–water partition coefficient (Wildman–Crippen LogP) is 2.99. The minimum atomic E-state index is -3.69. The van der Waals surface area contributed by atoms with Gasteiger partial charge in [-0.2, -0.15) is 5.26 Å². The van der Waals surface area contributed by atoms with E-state index in [0.717, 1.165) is 24.2 Å². The largest absolute Gasteiger partial charge is 0.494 e. The van der Waals surface area contributed by atoms with Gasteiger partial charge in [0, 0.05) is 25.1 Å². The van der Waals surface area contributed by atoms with Crippen LogP contribution in [0.2, 0.25) is 0 Å². The molecule has 0 unspecified atom stereocenters. The number of carbonyl (C=O) groups excluding carboxylic acids is 1. The van der Waals surface area contributed by atoms with Gasteiger partial charge in [0.1, 0.15) is 5.75 Å². The summed E-state index contributed by atoms with van der Waals surface area (Å²) in [6.45, 7) is 3.14. The van der Waals surface area contributed by atoms with Gasteiger partial charge in [0.15, 0.2) is 0 Å². The average molecular weight is 416 g/mol. The molecular formula is C21H25N3O4S. The molecule has 2 N–H and O–H groups in total. The quantitative estimate of drug-likeness (QED) is 0.549. The van der Waals surface area contributed by atoms with Crippen LogP contribution in [0, 0.1) is 11.3 Å². The maximum absolute atomic E-state index is 12.3. The van der Waals surface area contributed by atoms with Gasteiger partial charge < -0.3 is 10.1 Å². The highest BCUT2D eigenvalue weighted by Gasteiger charge is 2.14. The first-order valence-electron chi connectivity index (χ1n) is 9.43. The summed E-state index contributed by atoms with van der Waals surface area (Å²) < 4.78 is 32.2. The van der Waals surface area contributed by atoms with Crippen LogP contribution in [0.1, 0.15) is 42.1 Å². The maximum Gasteiger partial charge on any atom is 0.251 e. The molecule has 29 heavy (non-hydrogen) atoms. The highest BCUT2D eigenvalue weighted by Crippen LogP contribution is 2.14. The monoisotopic (exact) mass is 415 g/mol. The molecule has 0 atom stereocenters. The molecule has 2 aromatic rings. The van der Waals surface area contributed by atoms with Crippen molar-refractivity contribution < 1.29 is 17.9 Å². The van der Waals surface area contributed by atoms with E-state index in [1.54, 1.807) is 0 Å². The fourth-order valence-corrected chi connectivity index (χ4v) is 3.51. The number of nitriles is 1. The molecule has 8 heteroatoms. The van der Waals surface area contributed by atoms with Gasteiger partial charge in [0.2, 0.25) is 10.0 Å². The Kier molecular flexibility index (Phi) is 8.65. The highest BCUT2D eigenvalue weighted by molar-refractivity contribution is 7.89. The third-order valence-corrected chi connectivity index (χ3v) is 5.55. The van der Waals surface area contributed by atoms with Gasteiger partial charge in [0.05, 0.1) is 17.6 Å². The molecule has 0 saturated carbocycles. The van der Waals surface area contributed by atoms with Crippen LogP contribution in [0.15, 0.2) is 53.4 Å². The summed E-state index contributed by atoms with van der Waals surface area (Å²) in [5.74, 6) is 0.465. The van der Waals surface area contributed by atoms with Gasteiger partial charge in [-0.25, -0.2) is 13.1 Å². The van der Waals surface area contributed by atoms with Gasteiger partial charge in [-0.1, -0.05) is 25.5 Å². The lowest BCUT2D eigenvalue weighted by Crippen LogP contribution is -2.25. The van der Waals surface area contributed by atoms with Crippen LogP contribution in [0.4, 0.5) is 0 Å². The highest BCUT2D eigenvalue weighted by atomic mass is 32.2. The van der Waals surface area contributed by atoms with Crippen LogP contribution in [-0.2, 0) is 16.6 Å². The summed E-state index contributed by atoms with van der Waals surface area (Å²) in [4.78, 5) is 12.4. The van der Waals surface area contributed by atoms with E-state index in [-0.39, 0.29) is 23.8 Å². The van der Waals surface area contributed by atoms with Crippen LogP contribution in [0.25, 0.3) is 0 Å². The molecule has 0 bridgehead atoms. The topological polar surface area (TPSA) is 108 Å². The first-order chi connectivity index (χ1) is 14.0. The number of rotatable bonds is 11. The molecule has 154 valence electrons. The molecule has 1 amide bonds. The fraction of sp³-hybridized carbons (Fsp3) is 0.333. The number of amides is 1. The van der Waals surface area contributed by atoms with Crippen LogP contribution >= 0.6 is 0 Å². The van der Waals surface area contributed by atoms with E-state index in [0.29, 0.717) is 18.7 Å². The van der Waals surface area contributed by atoms with E-state index < -0.39 is 10.0 Å². The van der Waals surface area contributed by atoms with Crippen LogP contribution in [0.3, 0.4) is 0 Å². The third kappa shape index (κ3) is 7.22. The van der Waals surface area contributed by atoms with Gasteiger partial charge in [-0.15, -0.1) is 0 Å². The first kappa shape index (κ1) is 22.4. The lowest BCUT2D eigenvalue weighted by molar-refractivity contribution is 0.0950.